The summed E-state index contributed by atoms with van der Waals surface area (Å²) in [4.78, 5) is 11.5. The first kappa shape index (κ1) is 20.8. The lowest BCUT2D eigenvalue weighted by atomic mass is 10.2. The molecule has 0 radical (unpaired) electrons. The molecule has 0 aliphatic heterocycles. The fourth-order valence-corrected chi connectivity index (χ4v) is 3.13. The Balaban J connectivity index is 2.22. The highest BCUT2D eigenvalue weighted by molar-refractivity contribution is 7.87. The maximum atomic E-state index is 12.4. The fraction of sp³-hybridized carbons (Fsp3) is 0.211. The number of hydrogen-bond donors (Lipinski definition) is 0. The Morgan fingerprint density at radius 2 is 1.74 bits per heavy atom. The number of benzene rings is 2. The van der Waals surface area contributed by atoms with Crippen LogP contribution in [0, 0.1) is 0 Å². The highest BCUT2D eigenvalue weighted by Gasteiger charge is 2.19. The maximum Gasteiger partial charge on any atom is 0.339 e. The lowest BCUT2D eigenvalue weighted by Gasteiger charge is -2.11. The van der Waals surface area contributed by atoms with Crippen LogP contribution in [0.4, 0.5) is 0 Å². The third-order valence-electron chi connectivity index (χ3n) is 3.25. The smallest absolute Gasteiger partial charge is 0.339 e. The maximum absolute atomic E-state index is 12.4. The Kier molecular flexibility index (Phi) is 6.87. The Morgan fingerprint density at radius 3 is 2.33 bits per heavy atom. The molecule has 0 aromatic heterocycles. The molecular formula is C19H19ClO6S. The van der Waals surface area contributed by atoms with Crippen molar-refractivity contribution in [3.05, 3.63) is 59.1 Å². The van der Waals surface area contributed by atoms with Gasteiger partial charge in [0, 0.05) is 11.1 Å². The van der Waals surface area contributed by atoms with Gasteiger partial charge in [0.1, 0.15) is 4.90 Å². The van der Waals surface area contributed by atoms with Crippen molar-refractivity contribution in [3.8, 4) is 11.5 Å². The van der Waals surface area contributed by atoms with Gasteiger partial charge < -0.3 is 13.7 Å². The summed E-state index contributed by atoms with van der Waals surface area (Å²) in [5, 5.41) is 0.415. The lowest BCUT2D eigenvalue weighted by Crippen LogP contribution is -2.10. The molecule has 2 aromatic rings. The van der Waals surface area contributed by atoms with Crippen molar-refractivity contribution in [3.63, 3.8) is 0 Å². The lowest BCUT2D eigenvalue weighted by molar-refractivity contribution is -0.141. The number of carbonyl (C=O) groups excluding carboxylic acids is 1. The van der Waals surface area contributed by atoms with Crippen LogP contribution in [0.15, 0.2) is 53.4 Å². The summed E-state index contributed by atoms with van der Waals surface area (Å²) in [6, 6.07) is 10.2. The van der Waals surface area contributed by atoms with E-state index < -0.39 is 16.1 Å². The van der Waals surface area contributed by atoms with Crippen LogP contribution in [-0.2, 0) is 19.6 Å². The molecule has 0 N–H and O–H groups in total. The quantitative estimate of drug-likeness (QED) is 0.388. The van der Waals surface area contributed by atoms with Crippen molar-refractivity contribution in [2.45, 2.75) is 24.8 Å². The van der Waals surface area contributed by atoms with E-state index in [1.54, 1.807) is 26.0 Å². The van der Waals surface area contributed by atoms with E-state index in [0.717, 1.165) is 0 Å². The Morgan fingerprint density at radius 1 is 1.07 bits per heavy atom. The molecule has 2 aromatic carbocycles. The first-order chi connectivity index (χ1) is 12.7. The monoisotopic (exact) mass is 410 g/mol. The normalized spacial score (nSPS) is 11.6. The highest BCUT2D eigenvalue weighted by atomic mass is 35.5. The second-order valence-electron chi connectivity index (χ2n) is 5.72. The standard InChI is InChI=1S/C19H19ClO6S/c1-13(2)25-19(21)11-5-14-4-10-17(18(12-14)24-3)26-27(22,23)16-8-6-15(20)7-9-16/h4-13H,1-3H3. The van der Waals surface area contributed by atoms with Gasteiger partial charge in [-0.1, -0.05) is 17.7 Å². The summed E-state index contributed by atoms with van der Waals surface area (Å²) >= 11 is 5.77. The van der Waals surface area contributed by atoms with Crippen molar-refractivity contribution < 1.29 is 26.9 Å². The summed E-state index contributed by atoms with van der Waals surface area (Å²) in [6.45, 7) is 3.50. The number of rotatable bonds is 7. The fourth-order valence-electron chi connectivity index (χ4n) is 2.06. The minimum atomic E-state index is -4.05. The Hall–Kier alpha value is -2.51. The van der Waals surface area contributed by atoms with Gasteiger partial charge in [0.05, 0.1) is 13.2 Å². The van der Waals surface area contributed by atoms with Crippen LogP contribution in [0.3, 0.4) is 0 Å². The van der Waals surface area contributed by atoms with Crippen molar-refractivity contribution in [2.75, 3.05) is 7.11 Å². The van der Waals surface area contributed by atoms with E-state index in [9.17, 15) is 13.2 Å². The molecule has 6 nitrogen and oxygen atoms in total. The van der Waals surface area contributed by atoms with E-state index in [1.165, 1.54) is 49.6 Å². The molecule has 0 aliphatic carbocycles. The molecule has 0 fully saturated rings. The van der Waals surface area contributed by atoms with Gasteiger partial charge in [-0.15, -0.1) is 0 Å². The van der Waals surface area contributed by atoms with Crippen molar-refractivity contribution in [1.82, 2.24) is 0 Å². The van der Waals surface area contributed by atoms with Gasteiger partial charge in [0.2, 0.25) is 0 Å². The van der Waals surface area contributed by atoms with E-state index in [4.69, 9.17) is 25.3 Å². The summed E-state index contributed by atoms with van der Waals surface area (Å²) < 4.78 is 40.1. The molecule has 0 atom stereocenters. The van der Waals surface area contributed by atoms with Crippen LogP contribution >= 0.6 is 11.6 Å². The van der Waals surface area contributed by atoms with Gasteiger partial charge in [-0.2, -0.15) is 8.42 Å². The molecular weight excluding hydrogens is 392 g/mol. The second kappa shape index (κ2) is 8.92. The van der Waals surface area contributed by atoms with Gasteiger partial charge in [-0.3, -0.25) is 0 Å². The molecule has 0 aliphatic rings. The molecule has 0 spiro atoms. The number of methoxy groups -OCH3 is 1. The molecule has 0 saturated carbocycles. The first-order valence-electron chi connectivity index (χ1n) is 7.98. The van der Waals surface area contributed by atoms with Crippen LogP contribution in [-0.4, -0.2) is 27.6 Å². The van der Waals surface area contributed by atoms with Crippen molar-refractivity contribution >= 4 is 33.8 Å². The largest absolute Gasteiger partial charge is 0.493 e. The molecule has 8 heteroatoms. The number of carbonyl (C=O) groups is 1. The molecule has 0 heterocycles. The van der Waals surface area contributed by atoms with Crippen LogP contribution in [0.1, 0.15) is 19.4 Å². The van der Waals surface area contributed by atoms with E-state index in [0.29, 0.717) is 10.6 Å². The predicted molar refractivity (Wildman–Crippen MR) is 103 cm³/mol. The van der Waals surface area contributed by atoms with Gasteiger partial charge in [-0.05, 0) is 61.9 Å². The molecule has 2 rings (SSSR count). The number of ether oxygens (including phenoxy) is 2. The van der Waals surface area contributed by atoms with E-state index in [-0.39, 0.29) is 22.5 Å². The van der Waals surface area contributed by atoms with Crippen molar-refractivity contribution in [2.24, 2.45) is 0 Å². The van der Waals surface area contributed by atoms with Crippen LogP contribution in [0.25, 0.3) is 6.08 Å². The van der Waals surface area contributed by atoms with Gasteiger partial charge in [-0.25, -0.2) is 4.79 Å². The van der Waals surface area contributed by atoms with Gasteiger partial charge in [0.15, 0.2) is 11.5 Å². The van der Waals surface area contributed by atoms with E-state index in [1.807, 2.05) is 0 Å². The molecule has 0 unspecified atom stereocenters. The first-order valence-corrected chi connectivity index (χ1v) is 9.76. The number of halogens is 1. The minimum Gasteiger partial charge on any atom is -0.493 e. The summed E-state index contributed by atoms with van der Waals surface area (Å²) in [7, 11) is -2.66. The molecule has 27 heavy (non-hydrogen) atoms. The molecule has 0 saturated heterocycles. The third-order valence-corrected chi connectivity index (χ3v) is 4.75. The average molecular weight is 411 g/mol. The Labute approximate surface area is 163 Å². The van der Waals surface area contributed by atoms with Gasteiger partial charge in [0.25, 0.3) is 0 Å². The van der Waals surface area contributed by atoms with Crippen LogP contribution in [0.5, 0.6) is 11.5 Å². The number of hydrogen-bond acceptors (Lipinski definition) is 6. The van der Waals surface area contributed by atoms with Crippen LogP contribution < -0.4 is 8.92 Å². The van der Waals surface area contributed by atoms with Crippen molar-refractivity contribution in [1.29, 1.82) is 0 Å². The van der Waals surface area contributed by atoms with Gasteiger partial charge >= 0.3 is 16.1 Å². The predicted octanol–water partition coefficient (Wildman–Crippen LogP) is 4.08. The van der Waals surface area contributed by atoms with Crippen LogP contribution in [0.2, 0.25) is 5.02 Å². The summed E-state index contributed by atoms with van der Waals surface area (Å²) in [5.74, 6) is -0.254. The highest BCUT2D eigenvalue weighted by Crippen LogP contribution is 2.31. The molecule has 144 valence electrons. The Bertz CT molecular complexity index is 933. The second-order valence-corrected chi connectivity index (χ2v) is 7.70. The topological polar surface area (TPSA) is 78.9 Å². The summed E-state index contributed by atoms with van der Waals surface area (Å²) in [6.07, 6.45) is 2.59. The zero-order valence-corrected chi connectivity index (χ0v) is 16.6. The minimum absolute atomic E-state index is 0.0226. The number of esters is 1. The molecule has 0 amide bonds. The van der Waals surface area contributed by atoms with E-state index in [2.05, 4.69) is 0 Å². The average Bonchev–Trinajstić information content (AvgIpc) is 2.60. The van der Waals surface area contributed by atoms with E-state index >= 15 is 0 Å². The SMILES string of the molecule is COc1cc(C=CC(=O)OC(C)C)ccc1OS(=O)(=O)c1ccc(Cl)cc1. The molecule has 0 bridgehead atoms. The zero-order chi connectivity index (χ0) is 20.0. The zero-order valence-electron chi connectivity index (χ0n) is 15.0. The third kappa shape index (κ3) is 6.01. The summed E-state index contributed by atoms with van der Waals surface area (Å²) in [5.41, 5.74) is 0.615.